The lowest BCUT2D eigenvalue weighted by molar-refractivity contribution is -0.121. The number of ether oxygens (including phenoxy) is 2. The van der Waals surface area contributed by atoms with Crippen molar-refractivity contribution in [1.29, 1.82) is 0 Å². The molecule has 1 aliphatic carbocycles. The molecule has 5 heteroatoms. The zero-order chi connectivity index (χ0) is 15.1. The second-order valence-corrected chi connectivity index (χ2v) is 5.29. The number of hydrogen-bond donors (Lipinski definition) is 2. The SMILES string of the molecule is COc1ccc(NCCC(=O)NC2CCCC2)c(OC)c1. The summed E-state index contributed by atoms with van der Waals surface area (Å²) in [6.45, 7) is 0.585. The molecule has 2 rings (SSSR count). The highest BCUT2D eigenvalue weighted by Crippen LogP contribution is 2.28. The average Bonchev–Trinajstić information content (AvgIpc) is 3.00. The fourth-order valence-corrected chi connectivity index (χ4v) is 2.63. The van der Waals surface area contributed by atoms with Crippen molar-refractivity contribution in [2.24, 2.45) is 0 Å². The monoisotopic (exact) mass is 292 g/mol. The summed E-state index contributed by atoms with van der Waals surface area (Å²) in [4.78, 5) is 11.8. The van der Waals surface area contributed by atoms with Gasteiger partial charge < -0.3 is 20.1 Å². The number of benzene rings is 1. The van der Waals surface area contributed by atoms with Crippen molar-refractivity contribution in [2.45, 2.75) is 38.1 Å². The molecule has 0 aliphatic heterocycles. The lowest BCUT2D eigenvalue weighted by Crippen LogP contribution is -2.33. The molecule has 0 aromatic heterocycles. The minimum Gasteiger partial charge on any atom is -0.497 e. The Balaban J connectivity index is 1.78. The lowest BCUT2D eigenvalue weighted by Gasteiger charge is -2.14. The fraction of sp³-hybridized carbons (Fsp3) is 0.562. The van der Waals surface area contributed by atoms with Crippen molar-refractivity contribution in [3.05, 3.63) is 18.2 Å². The van der Waals surface area contributed by atoms with E-state index < -0.39 is 0 Å². The molecule has 1 fully saturated rings. The molecule has 0 heterocycles. The summed E-state index contributed by atoms with van der Waals surface area (Å²) < 4.78 is 10.5. The third-order valence-corrected chi connectivity index (χ3v) is 3.80. The van der Waals surface area contributed by atoms with Crippen LogP contribution in [0.4, 0.5) is 5.69 Å². The minimum atomic E-state index is 0.113. The van der Waals surface area contributed by atoms with E-state index in [1.807, 2.05) is 18.2 Å². The van der Waals surface area contributed by atoms with Gasteiger partial charge in [-0.15, -0.1) is 0 Å². The summed E-state index contributed by atoms with van der Waals surface area (Å²) in [7, 11) is 3.24. The van der Waals surface area contributed by atoms with Crippen LogP contribution in [0.1, 0.15) is 32.1 Å². The van der Waals surface area contributed by atoms with Crippen LogP contribution in [0, 0.1) is 0 Å². The summed E-state index contributed by atoms with van der Waals surface area (Å²) >= 11 is 0. The molecule has 1 aliphatic rings. The van der Waals surface area contributed by atoms with Gasteiger partial charge in [0.1, 0.15) is 11.5 Å². The summed E-state index contributed by atoms with van der Waals surface area (Å²) in [5, 5.41) is 6.31. The molecular weight excluding hydrogens is 268 g/mol. The van der Waals surface area contributed by atoms with Crippen LogP contribution in [-0.2, 0) is 4.79 Å². The number of carbonyl (C=O) groups excluding carboxylic acids is 1. The van der Waals surface area contributed by atoms with Crippen LogP contribution in [0.2, 0.25) is 0 Å². The molecule has 1 amide bonds. The van der Waals surface area contributed by atoms with Crippen LogP contribution in [0.5, 0.6) is 11.5 Å². The predicted octanol–water partition coefficient (Wildman–Crippen LogP) is 2.56. The first kappa shape index (κ1) is 15.5. The molecule has 0 atom stereocenters. The fourth-order valence-electron chi connectivity index (χ4n) is 2.63. The molecule has 116 valence electrons. The Morgan fingerprint density at radius 3 is 2.67 bits per heavy atom. The Bertz CT molecular complexity index is 471. The number of amides is 1. The quantitative estimate of drug-likeness (QED) is 0.811. The molecule has 0 saturated heterocycles. The van der Waals surface area contributed by atoms with Crippen LogP contribution in [-0.4, -0.2) is 32.7 Å². The molecule has 21 heavy (non-hydrogen) atoms. The zero-order valence-electron chi connectivity index (χ0n) is 12.8. The van der Waals surface area contributed by atoms with Gasteiger partial charge in [0, 0.05) is 25.1 Å². The van der Waals surface area contributed by atoms with Crippen LogP contribution in [0.25, 0.3) is 0 Å². The summed E-state index contributed by atoms with van der Waals surface area (Å²) in [6.07, 6.45) is 5.15. The Morgan fingerprint density at radius 1 is 1.24 bits per heavy atom. The van der Waals surface area contributed by atoms with Crippen molar-refractivity contribution in [2.75, 3.05) is 26.1 Å². The van der Waals surface area contributed by atoms with E-state index in [-0.39, 0.29) is 5.91 Å². The largest absolute Gasteiger partial charge is 0.497 e. The highest BCUT2D eigenvalue weighted by atomic mass is 16.5. The van der Waals surface area contributed by atoms with Gasteiger partial charge in [-0.25, -0.2) is 0 Å². The van der Waals surface area contributed by atoms with E-state index in [1.165, 1.54) is 12.8 Å². The van der Waals surface area contributed by atoms with E-state index >= 15 is 0 Å². The number of anilines is 1. The van der Waals surface area contributed by atoms with Crippen molar-refractivity contribution in [1.82, 2.24) is 5.32 Å². The minimum absolute atomic E-state index is 0.113. The van der Waals surface area contributed by atoms with Gasteiger partial charge >= 0.3 is 0 Å². The van der Waals surface area contributed by atoms with Crippen LogP contribution in [0.15, 0.2) is 18.2 Å². The highest BCUT2D eigenvalue weighted by Gasteiger charge is 2.16. The second-order valence-electron chi connectivity index (χ2n) is 5.29. The molecule has 1 aromatic carbocycles. The molecule has 1 aromatic rings. The van der Waals surface area contributed by atoms with Crippen molar-refractivity contribution < 1.29 is 14.3 Å². The van der Waals surface area contributed by atoms with Crippen LogP contribution in [0.3, 0.4) is 0 Å². The summed E-state index contributed by atoms with van der Waals surface area (Å²) in [5.74, 6) is 1.57. The van der Waals surface area contributed by atoms with E-state index in [2.05, 4.69) is 10.6 Å². The number of hydrogen-bond acceptors (Lipinski definition) is 4. The van der Waals surface area contributed by atoms with Gasteiger partial charge in [0.2, 0.25) is 5.91 Å². The Morgan fingerprint density at radius 2 is 2.00 bits per heavy atom. The van der Waals surface area contributed by atoms with E-state index in [4.69, 9.17) is 9.47 Å². The van der Waals surface area contributed by atoms with Crippen molar-refractivity contribution >= 4 is 11.6 Å². The third-order valence-electron chi connectivity index (χ3n) is 3.80. The van der Waals surface area contributed by atoms with Gasteiger partial charge in [0.15, 0.2) is 0 Å². The van der Waals surface area contributed by atoms with Crippen molar-refractivity contribution in [3.8, 4) is 11.5 Å². The smallest absolute Gasteiger partial charge is 0.221 e. The molecule has 0 spiro atoms. The highest BCUT2D eigenvalue weighted by molar-refractivity contribution is 5.77. The molecule has 2 N–H and O–H groups in total. The number of nitrogens with one attached hydrogen (secondary N) is 2. The average molecular weight is 292 g/mol. The van der Waals surface area contributed by atoms with Gasteiger partial charge in [-0.2, -0.15) is 0 Å². The topological polar surface area (TPSA) is 59.6 Å². The predicted molar refractivity (Wildman–Crippen MR) is 83.1 cm³/mol. The third kappa shape index (κ3) is 4.55. The zero-order valence-corrected chi connectivity index (χ0v) is 12.8. The Labute approximate surface area is 126 Å². The number of methoxy groups -OCH3 is 2. The summed E-state index contributed by atoms with van der Waals surface area (Å²) in [6, 6.07) is 5.96. The van der Waals surface area contributed by atoms with Crippen LogP contribution < -0.4 is 20.1 Å². The van der Waals surface area contributed by atoms with Gasteiger partial charge in [0.05, 0.1) is 19.9 Å². The maximum Gasteiger partial charge on any atom is 0.221 e. The Hall–Kier alpha value is -1.91. The van der Waals surface area contributed by atoms with Gasteiger partial charge in [0.25, 0.3) is 0 Å². The van der Waals surface area contributed by atoms with Gasteiger partial charge in [-0.1, -0.05) is 12.8 Å². The second kappa shape index (κ2) is 7.76. The molecule has 5 nitrogen and oxygen atoms in total. The van der Waals surface area contributed by atoms with E-state index in [0.717, 1.165) is 24.3 Å². The molecule has 0 radical (unpaired) electrons. The molecule has 1 saturated carbocycles. The van der Waals surface area contributed by atoms with E-state index in [1.54, 1.807) is 14.2 Å². The molecule has 0 unspecified atom stereocenters. The van der Waals surface area contributed by atoms with E-state index in [0.29, 0.717) is 24.8 Å². The first-order chi connectivity index (χ1) is 10.2. The van der Waals surface area contributed by atoms with Gasteiger partial charge in [-0.3, -0.25) is 4.79 Å². The first-order valence-corrected chi connectivity index (χ1v) is 7.48. The normalized spacial score (nSPS) is 14.8. The van der Waals surface area contributed by atoms with Crippen molar-refractivity contribution in [3.63, 3.8) is 0 Å². The van der Waals surface area contributed by atoms with Crippen LogP contribution >= 0.6 is 0 Å². The summed E-state index contributed by atoms with van der Waals surface area (Å²) in [5.41, 5.74) is 0.868. The standard InChI is InChI=1S/C16H24N2O3/c1-20-13-7-8-14(15(11-13)21-2)17-10-9-16(19)18-12-5-3-4-6-12/h7-8,11-12,17H,3-6,9-10H2,1-2H3,(H,18,19). The first-order valence-electron chi connectivity index (χ1n) is 7.48. The maximum atomic E-state index is 11.8. The van der Waals surface area contributed by atoms with Gasteiger partial charge in [-0.05, 0) is 25.0 Å². The lowest BCUT2D eigenvalue weighted by atomic mass is 10.2. The maximum absolute atomic E-state index is 11.8. The molecular formula is C16H24N2O3. The number of carbonyl (C=O) groups is 1. The number of rotatable bonds is 7. The molecule has 0 bridgehead atoms. The Kier molecular flexibility index (Phi) is 5.72. The van der Waals surface area contributed by atoms with E-state index in [9.17, 15) is 4.79 Å².